The number of rotatable bonds is 2. The summed E-state index contributed by atoms with van der Waals surface area (Å²) in [6.07, 6.45) is 0.720. The normalized spacial score (nSPS) is 9.87. The van der Waals surface area contributed by atoms with Crippen LogP contribution in [0.5, 0.6) is 5.88 Å². The molecule has 5 nitrogen and oxygen atoms in total. The minimum atomic E-state index is 0.252. The van der Waals surface area contributed by atoms with Crippen molar-refractivity contribution in [3.05, 3.63) is 29.5 Å². The molecule has 74 valence electrons. The fourth-order valence-corrected chi connectivity index (χ4v) is 1.38. The third-order valence-corrected chi connectivity index (χ3v) is 2.07. The lowest BCUT2D eigenvalue weighted by molar-refractivity contribution is 0.112. The molecule has 5 heteroatoms. The van der Waals surface area contributed by atoms with Crippen molar-refractivity contribution in [3.63, 3.8) is 0 Å². The first kappa shape index (κ1) is 9.21. The van der Waals surface area contributed by atoms with E-state index in [1.807, 2.05) is 6.07 Å². The number of hydrogen-bond donors (Lipinski definition) is 0. The molecule has 0 saturated carbocycles. The second-order valence-electron chi connectivity index (χ2n) is 2.89. The standard InChI is InChI=1S/C10H7N3O2/c1-15-10-3-2-7(6-14)9-4-8(5-11)12-13(9)10/h2-4,6H,1H3. The number of fused-ring (bicyclic) bond motifs is 1. The summed E-state index contributed by atoms with van der Waals surface area (Å²) < 4.78 is 6.49. The van der Waals surface area contributed by atoms with Gasteiger partial charge in [0.1, 0.15) is 6.07 Å². The number of nitriles is 1. The van der Waals surface area contributed by atoms with E-state index in [4.69, 9.17) is 10.00 Å². The van der Waals surface area contributed by atoms with Gasteiger partial charge >= 0.3 is 0 Å². The average Bonchev–Trinajstić information content (AvgIpc) is 2.71. The van der Waals surface area contributed by atoms with Gasteiger partial charge in [0.15, 0.2) is 12.0 Å². The van der Waals surface area contributed by atoms with Crippen molar-refractivity contribution in [2.75, 3.05) is 7.11 Å². The number of hydrogen-bond acceptors (Lipinski definition) is 4. The molecule has 0 aliphatic heterocycles. The molecular weight excluding hydrogens is 194 g/mol. The van der Waals surface area contributed by atoms with Crippen LogP contribution in [0.1, 0.15) is 16.1 Å². The highest BCUT2D eigenvalue weighted by Gasteiger charge is 2.09. The summed E-state index contributed by atoms with van der Waals surface area (Å²) >= 11 is 0. The summed E-state index contributed by atoms with van der Waals surface area (Å²) in [5.74, 6) is 0.483. The molecule has 2 rings (SSSR count). The molecule has 0 aromatic carbocycles. The van der Waals surface area contributed by atoms with Crippen LogP contribution >= 0.6 is 0 Å². The van der Waals surface area contributed by atoms with Crippen LogP contribution in [-0.2, 0) is 0 Å². The van der Waals surface area contributed by atoms with Gasteiger partial charge in [-0.05, 0) is 6.07 Å². The van der Waals surface area contributed by atoms with Crippen LogP contribution < -0.4 is 4.74 Å². The van der Waals surface area contributed by atoms with Gasteiger partial charge in [-0.15, -0.1) is 0 Å². The quantitative estimate of drug-likeness (QED) is 0.680. The number of methoxy groups -OCH3 is 1. The molecule has 0 radical (unpaired) electrons. The molecule has 0 spiro atoms. The molecule has 2 heterocycles. The van der Waals surface area contributed by atoms with Crippen LogP contribution in [0.15, 0.2) is 18.2 Å². The maximum atomic E-state index is 10.8. The van der Waals surface area contributed by atoms with Gasteiger partial charge in [-0.25, -0.2) is 0 Å². The number of aldehydes is 1. The van der Waals surface area contributed by atoms with E-state index in [2.05, 4.69) is 5.10 Å². The molecule has 0 amide bonds. The second kappa shape index (κ2) is 3.42. The predicted molar refractivity (Wildman–Crippen MR) is 51.8 cm³/mol. The third kappa shape index (κ3) is 1.32. The minimum Gasteiger partial charge on any atom is -0.481 e. The number of aromatic nitrogens is 2. The van der Waals surface area contributed by atoms with E-state index in [0.717, 1.165) is 6.29 Å². The zero-order valence-electron chi connectivity index (χ0n) is 7.97. The summed E-state index contributed by atoms with van der Waals surface area (Å²) in [5, 5.41) is 12.7. The Kier molecular flexibility index (Phi) is 2.10. The second-order valence-corrected chi connectivity index (χ2v) is 2.89. The highest BCUT2D eigenvalue weighted by atomic mass is 16.5. The molecular formula is C10H7N3O2. The van der Waals surface area contributed by atoms with Crippen molar-refractivity contribution in [2.24, 2.45) is 0 Å². The molecule has 0 atom stereocenters. The third-order valence-electron chi connectivity index (χ3n) is 2.07. The summed E-state index contributed by atoms with van der Waals surface area (Å²) in [7, 11) is 1.50. The fraction of sp³-hybridized carbons (Fsp3) is 0.100. The van der Waals surface area contributed by atoms with E-state index in [9.17, 15) is 4.79 Å². The largest absolute Gasteiger partial charge is 0.481 e. The number of ether oxygens (including phenoxy) is 1. The smallest absolute Gasteiger partial charge is 0.214 e. The van der Waals surface area contributed by atoms with E-state index in [1.54, 1.807) is 18.2 Å². The van der Waals surface area contributed by atoms with E-state index >= 15 is 0 Å². The van der Waals surface area contributed by atoms with Crippen LogP contribution in [0.4, 0.5) is 0 Å². The van der Waals surface area contributed by atoms with Crippen molar-refractivity contribution in [1.29, 1.82) is 5.26 Å². The van der Waals surface area contributed by atoms with Crippen molar-refractivity contribution in [3.8, 4) is 11.9 Å². The van der Waals surface area contributed by atoms with Crippen LogP contribution in [0.25, 0.3) is 5.52 Å². The number of pyridine rings is 1. The van der Waals surface area contributed by atoms with Crippen molar-refractivity contribution in [2.45, 2.75) is 0 Å². The van der Waals surface area contributed by atoms with Crippen molar-refractivity contribution in [1.82, 2.24) is 9.61 Å². The van der Waals surface area contributed by atoms with Gasteiger partial charge < -0.3 is 4.74 Å². The zero-order chi connectivity index (χ0) is 10.8. The monoisotopic (exact) mass is 201 g/mol. The summed E-state index contributed by atoms with van der Waals surface area (Å²) in [6, 6.07) is 6.72. The van der Waals surface area contributed by atoms with Gasteiger partial charge in [0.25, 0.3) is 0 Å². The van der Waals surface area contributed by atoms with Crippen LogP contribution in [0.3, 0.4) is 0 Å². The van der Waals surface area contributed by atoms with Gasteiger partial charge in [-0.3, -0.25) is 4.79 Å². The highest BCUT2D eigenvalue weighted by Crippen LogP contribution is 2.18. The maximum absolute atomic E-state index is 10.8. The Morgan fingerprint density at radius 1 is 1.60 bits per heavy atom. The molecule has 0 bridgehead atoms. The van der Waals surface area contributed by atoms with Crippen molar-refractivity contribution >= 4 is 11.8 Å². The first-order chi connectivity index (χ1) is 7.30. The summed E-state index contributed by atoms with van der Waals surface area (Å²) in [5.41, 5.74) is 1.30. The molecule has 0 fully saturated rings. The molecule has 15 heavy (non-hydrogen) atoms. The average molecular weight is 201 g/mol. The maximum Gasteiger partial charge on any atom is 0.214 e. The molecule has 0 N–H and O–H groups in total. The minimum absolute atomic E-state index is 0.252. The molecule has 0 aliphatic carbocycles. The van der Waals surface area contributed by atoms with Gasteiger partial charge in [-0.1, -0.05) is 0 Å². The van der Waals surface area contributed by atoms with Crippen molar-refractivity contribution < 1.29 is 9.53 Å². The Hall–Kier alpha value is -2.35. The van der Waals surface area contributed by atoms with Gasteiger partial charge in [0.05, 0.1) is 12.6 Å². The molecule has 0 unspecified atom stereocenters. The lowest BCUT2D eigenvalue weighted by atomic mass is 10.2. The number of carbonyl (C=O) groups is 1. The molecule has 2 aromatic heterocycles. The fourth-order valence-electron chi connectivity index (χ4n) is 1.38. The van der Waals surface area contributed by atoms with Crippen LogP contribution in [0.2, 0.25) is 0 Å². The lowest BCUT2D eigenvalue weighted by Crippen LogP contribution is -1.97. The Morgan fingerprint density at radius 2 is 2.40 bits per heavy atom. The van der Waals surface area contributed by atoms with E-state index < -0.39 is 0 Å². The molecule has 0 aliphatic rings. The first-order valence-corrected chi connectivity index (χ1v) is 4.22. The SMILES string of the molecule is COc1ccc(C=O)c2cc(C#N)nn12. The van der Waals surface area contributed by atoms with Crippen LogP contribution in [-0.4, -0.2) is 23.0 Å². The Labute approximate surface area is 85.5 Å². The zero-order valence-corrected chi connectivity index (χ0v) is 7.97. The van der Waals surface area contributed by atoms with Gasteiger partial charge in [0, 0.05) is 17.7 Å². The van der Waals surface area contributed by atoms with Crippen LogP contribution in [0, 0.1) is 11.3 Å². The Bertz CT molecular complexity index is 566. The highest BCUT2D eigenvalue weighted by molar-refractivity contribution is 5.86. The topological polar surface area (TPSA) is 67.4 Å². The Morgan fingerprint density at radius 3 is 3.00 bits per heavy atom. The molecule has 2 aromatic rings. The van der Waals surface area contributed by atoms with E-state index in [0.29, 0.717) is 17.0 Å². The lowest BCUT2D eigenvalue weighted by Gasteiger charge is -2.03. The predicted octanol–water partition coefficient (Wildman–Crippen LogP) is 1.03. The number of carbonyl (C=O) groups excluding carboxylic acids is 1. The Balaban J connectivity index is 2.84. The first-order valence-electron chi connectivity index (χ1n) is 4.22. The van der Waals surface area contributed by atoms with Gasteiger partial charge in [0.2, 0.25) is 5.88 Å². The molecule has 0 saturated heterocycles. The number of nitrogens with zero attached hydrogens (tertiary/aromatic N) is 3. The van der Waals surface area contributed by atoms with Gasteiger partial charge in [-0.2, -0.15) is 14.9 Å². The summed E-state index contributed by atoms with van der Waals surface area (Å²) in [4.78, 5) is 10.8. The summed E-state index contributed by atoms with van der Waals surface area (Å²) in [6.45, 7) is 0. The van der Waals surface area contributed by atoms with E-state index in [1.165, 1.54) is 11.6 Å². The van der Waals surface area contributed by atoms with E-state index in [-0.39, 0.29) is 5.69 Å².